The molecule has 1 aliphatic heterocycles. The summed E-state index contributed by atoms with van der Waals surface area (Å²) in [5.74, 6) is 0.264. The number of aliphatic imine (C=N–C) groups is 1. The first-order chi connectivity index (χ1) is 14.0. The van der Waals surface area contributed by atoms with Crippen molar-refractivity contribution in [3.63, 3.8) is 0 Å². The van der Waals surface area contributed by atoms with Gasteiger partial charge < -0.3 is 15.2 Å². The molecule has 5 nitrogen and oxygen atoms in total. The number of aromatic nitrogens is 1. The third-order valence-electron chi connectivity index (χ3n) is 4.84. The standard InChI is InChI=1S/C23H22FN3O2/c1-15(2)29-19-10-8-17(9-11-19)23(14-28-22(25)27-23)18-6-3-5-16(13-18)20-7-4-12-26-21(20)24/h3-13,15H,14H2,1-2H3,(H2,25,27). The van der Waals surface area contributed by atoms with Crippen LogP contribution in [-0.4, -0.2) is 23.7 Å². The van der Waals surface area contributed by atoms with Crippen molar-refractivity contribution in [3.05, 3.63) is 83.9 Å². The second kappa shape index (κ2) is 7.54. The van der Waals surface area contributed by atoms with Crippen molar-refractivity contribution in [3.8, 4) is 16.9 Å². The Labute approximate surface area is 169 Å². The van der Waals surface area contributed by atoms with Gasteiger partial charge in [-0.05, 0) is 60.9 Å². The van der Waals surface area contributed by atoms with Gasteiger partial charge in [0.2, 0.25) is 5.95 Å². The smallest absolute Gasteiger partial charge is 0.283 e. The van der Waals surface area contributed by atoms with Crippen LogP contribution < -0.4 is 10.5 Å². The lowest BCUT2D eigenvalue weighted by molar-refractivity contribution is 0.242. The van der Waals surface area contributed by atoms with Crippen LogP contribution in [0.25, 0.3) is 11.1 Å². The van der Waals surface area contributed by atoms with Gasteiger partial charge in [0.1, 0.15) is 12.4 Å². The van der Waals surface area contributed by atoms with E-state index >= 15 is 0 Å². The molecule has 0 aliphatic carbocycles. The van der Waals surface area contributed by atoms with E-state index in [9.17, 15) is 4.39 Å². The van der Waals surface area contributed by atoms with Crippen molar-refractivity contribution in [2.75, 3.05) is 6.61 Å². The van der Waals surface area contributed by atoms with Gasteiger partial charge in [-0.2, -0.15) is 4.39 Å². The monoisotopic (exact) mass is 391 g/mol. The van der Waals surface area contributed by atoms with Gasteiger partial charge in [-0.1, -0.05) is 30.3 Å². The van der Waals surface area contributed by atoms with Crippen LogP contribution >= 0.6 is 0 Å². The van der Waals surface area contributed by atoms with Crippen LogP contribution in [0.2, 0.25) is 0 Å². The molecule has 2 N–H and O–H groups in total. The van der Waals surface area contributed by atoms with Crippen molar-refractivity contribution in [1.82, 2.24) is 4.98 Å². The Bertz CT molecular complexity index is 1050. The molecule has 1 unspecified atom stereocenters. The number of pyridine rings is 1. The molecular weight excluding hydrogens is 369 g/mol. The molecule has 2 aromatic carbocycles. The summed E-state index contributed by atoms with van der Waals surface area (Å²) < 4.78 is 25.5. The fraction of sp³-hybridized carbons (Fsp3) is 0.217. The molecule has 0 bridgehead atoms. The van der Waals surface area contributed by atoms with Crippen LogP contribution in [0.15, 0.2) is 71.9 Å². The molecule has 3 aromatic rings. The highest BCUT2D eigenvalue weighted by atomic mass is 19.1. The summed E-state index contributed by atoms with van der Waals surface area (Å²) in [6.07, 6.45) is 1.52. The molecule has 0 radical (unpaired) electrons. The first kappa shape index (κ1) is 18.9. The SMILES string of the molecule is CC(C)Oc1ccc(C2(c3cccc(-c4cccnc4F)c3)COC(N)=N2)cc1. The van der Waals surface area contributed by atoms with E-state index < -0.39 is 11.5 Å². The molecule has 0 fully saturated rings. The Kier molecular flexibility index (Phi) is 4.92. The maximum atomic E-state index is 14.2. The zero-order valence-electron chi connectivity index (χ0n) is 16.3. The van der Waals surface area contributed by atoms with Gasteiger partial charge >= 0.3 is 0 Å². The maximum Gasteiger partial charge on any atom is 0.283 e. The van der Waals surface area contributed by atoms with E-state index in [1.807, 2.05) is 62.4 Å². The van der Waals surface area contributed by atoms with Crippen LogP contribution in [0.3, 0.4) is 0 Å². The average Bonchev–Trinajstić information content (AvgIpc) is 3.11. The molecule has 0 amide bonds. The van der Waals surface area contributed by atoms with Crippen LogP contribution in [-0.2, 0) is 10.3 Å². The number of nitrogens with zero attached hydrogens (tertiary/aromatic N) is 2. The third-order valence-corrected chi connectivity index (χ3v) is 4.84. The average molecular weight is 391 g/mol. The molecular formula is C23H22FN3O2. The van der Waals surface area contributed by atoms with Crippen molar-refractivity contribution in [2.24, 2.45) is 10.7 Å². The van der Waals surface area contributed by atoms with Gasteiger partial charge in [0, 0.05) is 11.8 Å². The second-order valence-corrected chi connectivity index (χ2v) is 7.21. The Morgan fingerprint density at radius 3 is 2.52 bits per heavy atom. The number of nitrogens with two attached hydrogens (primary N) is 1. The van der Waals surface area contributed by atoms with Crippen LogP contribution in [0.4, 0.5) is 4.39 Å². The predicted molar refractivity (Wildman–Crippen MR) is 110 cm³/mol. The number of ether oxygens (including phenoxy) is 2. The zero-order valence-corrected chi connectivity index (χ0v) is 16.3. The molecule has 0 spiro atoms. The van der Waals surface area contributed by atoms with Gasteiger partial charge in [0.25, 0.3) is 6.02 Å². The van der Waals surface area contributed by atoms with E-state index in [0.29, 0.717) is 11.1 Å². The summed E-state index contributed by atoms with van der Waals surface area (Å²) in [7, 11) is 0. The predicted octanol–water partition coefficient (Wildman–Crippen LogP) is 4.26. The Morgan fingerprint density at radius 1 is 1.07 bits per heavy atom. The molecule has 0 saturated heterocycles. The van der Waals surface area contributed by atoms with Gasteiger partial charge in [-0.15, -0.1) is 0 Å². The molecule has 1 aliphatic rings. The fourth-order valence-electron chi connectivity index (χ4n) is 3.52. The van der Waals surface area contributed by atoms with Crippen LogP contribution in [0.5, 0.6) is 5.75 Å². The Morgan fingerprint density at radius 2 is 1.86 bits per heavy atom. The molecule has 2 heterocycles. The molecule has 4 rings (SSSR count). The fourth-order valence-corrected chi connectivity index (χ4v) is 3.52. The lowest BCUT2D eigenvalue weighted by Gasteiger charge is -2.26. The molecule has 148 valence electrons. The Hall–Kier alpha value is -3.41. The summed E-state index contributed by atoms with van der Waals surface area (Å²) in [5, 5.41) is 0. The highest BCUT2D eigenvalue weighted by Crippen LogP contribution is 2.39. The number of amidine groups is 1. The topological polar surface area (TPSA) is 69.7 Å². The number of hydrogen-bond acceptors (Lipinski definition) is 5. The highest BCUT2D eigenvalue weighted by molar-refractivity contribution is 5.75. The van der Waals surface area contributed by atoms with E-state index in [4.69, 9.17) is 15.2 Å². The molecule has 6 heteroatoms. The van der Waals surface area contributed by atoms with Gasteiger partial charge in [0.15, 0.2) is 5.54 Å². The van der Waals surface area contributed by atoms with E-state index in [2.05, 4.69) is 9.98 Å². The summed E-state index contributed by atoms with van der Waals surface area (Å²) in [6.45, 7) is 4.23. The van der Waals surface area contributed by atoms with Crippen molar-refractivity contribution >= 4 is 6.02 Å². The molecule has 29 heavy (non-hydrogen) atoms. The normalized spacial score (nSPS) is 18.4. The summed E-state index contributed by atoms with van der Waals surface area (Å²) >= 11 is 0. The van der Waals surface area contributed by atoms with E-state index in [1.165, 1.54) is 6.20 Å². The van der Waals surface area contributed by atoms with E-state index in [0.717, 1.165) is 16.9 Å². The number of halogens is 1. The van der Waals surface area contributed by atoms with Gasteiger partial charge in [0.05, 0.1) is 6.10 Å². The minimum absolute atomic E-state index is 0.0874. The third kappa shape index (κ3) is 3.66. The first-order valence-corrected chi connectivity index (χ1v) is 9.45. The number of rotatable bonds is 5. The second-order valence-electron chi connectivity index (χ2n) is 7.21. The van der Waals surface area contributed by atoms with Crippen LogP contribution in [0.1, 0.15) is 25.0 Å². The summed E-state index contributed by atoms with van der Waals surface area (Å²) in [4.78, 5) is 8.38. The minimum Gasteiger partial charge on any atom is -0.491 e. The van der Waals surface area contributed by atoms with E-state index in [-0.39, 0.29) is 18.7 Å². The highest BCUT2D eigenvalue weighted by Gasteiger charge is 2.40. The summed E-state index contributed by atoms with van der Waals surface area (Å²) in [6, 6.07) is 18.9. The Balaban J connectivity index is 1.79. The van der Waals surface area contributed by atoms with Gasteiger partial charge in [-0.3, -0.25) is 0 Å². The quantitative estimate of drug-likeness (QED) is 0.660. The van der Waals surface area contributed by atoms with Gasteiger partial charge in [-0.25, -0.2) is 9.98 Å². The molecule has 1 aromatic heterocycles. The van der Waals surface area contributed by atoms with Crippen molar-refractivity contribution < 1.29 is 13.9 Å². The van der Waals surface area contributed by atoms with Crippen LogP contribution in [0, 0.1) is 5.95 Å². The van der Waals surface area contributed by atoms with Crippen molar-refractivity contribution in [1.29, 1.82) is 0 Å². The van der Waals surface area contributed by atoms with E-state index in [1.54, 1.807) is 12.1 Å². The van der Waals surface area contributed by atoms with Crippen molar-refractivity contribution in [2.45, 2.75) is 25.5 Å². The summed E-state index contributed by atoms with van der Waals surface area (Å²) in [5.41, 5.74) is 8.00. The largest absolute Gasteiger partial charge is 0.491 e. The molecule has 1 atom stereocenters. The number of hydrogen-bond donors (Lipinski definition) is 1. The molecule has 0 saturated carbocycles. The number of benzene rings is 2. The maximum absolute atomic E-state index is 14.2. The first-order valence-electron chi connectivity index (χ1n) is 9.45. The zero-order chi connectivity index (χ0) is 20.4. The lowest BCUT2D eigenvalue weighted by Crippen LogP contribution is -2.27. The minimum atomic E-state index is -0.810. The lowest BCUT2D eigenvalue weighted by atomic mass is 9.83.